The van der Waals surface area contributed by atoms with Crippen LogP contribution < -0.4 is 0 Å². The highest BCUT2D eigenvalue weighted by Gasteiger charge is 1.94. The van der Waals surface area contributed by atoms with Crippen molar-refractivity contribution in [2.45, 2.75) is 0 Å². The van der Waals surface area contributed by atoms with E-state index in [1.807, 2.05) is 0 Å². The Balaban J connectivity index is 2.68. The minimum Gasteiger partial charge on any atom is -0.338 e. The van der Waals surface area contributed by atoms with E-state index in [0.717, 1.165) is 0 Å². The summed E-state index contributed by atoms with van der Waals surface area (Å²) >= 11 is 10.2. The van der Waals surface area contributed by atoms with Gasteiger partial charge in [-0.1, -0.05) is 0 Å². The molecule has 0 aromatic heterocycles. The Labute approximate surface area is 53.1 Å². The van der Waals surface area contributed by atoms with Gasteiger partial charge in [0, 0.05) is 5.88 Å². The Morgan fingerprint density at radius 2 is 2.29 bits per heavy atom. The first-order valence-corrected chi connectivity index (χ1v) is 4.26. The molecule has 5 heteroatoms. The maximum absolute atomic E-state index is 8.23. The fourth-order valence-electron chi connectivity index (χ4n) is 0.110. The lowest BCUT2D eigenvalue weighted by Crippen LogP contribution is -1.85. The Kier molecular flexibility index (Phi) is 5.75. The van der Waals surface area contributed by atoms with Crippen molar-refractivity contribution >= 4 is 30.6 Å². The van der Waals surface area contributed by atoms with Gasteiger partial charge in [0.2, 0.25) is 0 Å². The van der Waals surface area contributed by atoms with Gasteiger partial charge in [-0.3, -0.25) is 0 Å². The lowest BCUT2D eigenvalue weighted by molar-refractivity contribution is 0.344. The standard InChI is InChI=1S/C2H5Cl2O2P/c3-1-2-6-7(4)5/h5H,1-2H2. The SMILES string of the molecule is OP(Cl)OCCCl. The molecule has 0 aliphatic carbocycles. The quantitative estimate of drug-likeness (QED) is 0.506. The molecule has 0 saturated heterocycles. The number of hydrogen-bond acceptors (Lipinski definition) is 2. The van der Waals surface area contributed by atoms with Crippen LogP contribution in [0.25, 0.3) is 0 Å². The van der Waals surface area contributed by atoms with E-state index >= 15 is 0 Å². The van der Waals surface area contributed by atoms with E-state index in [9.17, 15) is 0 Å². The summed E-state index contributed by atoms with van der Waals surface area (Å²) in [6.45, 7) is 0.313. The van der Waals surface area contributed by atoms with Crippen molar-refractivity contribution < 1.29 is 9.42 Å². The summed E-state index contributed by atoms with van der Waals surface area (Å²) in [5.41, 5.74) is 0. The summed E-state index contributed by atoms with van der Waals surface area (Å²) in [6.07, 6.45) is 0. The molecule has 0 heterocycles. The average molecular weight is 163 g/mol. The molecule has 0 bridgehead atoms. The third-order valence-electron chi connectivity index (χ3n) is 0.275. The maximum atomic E-state index is 8.23. The predicted octanol–water partition coefficient (Wildman–Crippen LogP) is 1.70. The second kappa shape index (κ2) is 5.07. The van der Waals surface area contributed by atoms with Crippen LogP contribution in [0.1, 0.15) is 0 Å². The number of halogens is 2. The largest absolute Gasteiger partial charge is 0.338 e. The second-order valence-corrected chi connectivity index (χ2v) is 2.70. The zero-order valence-corrected chi connectivity index (χ0v) is 5.88. The molecule has 0 rings (SSSR count). The number of hydrogen-bond donors (Lipinski definition) is 1. The van der Waals surface area contributed by atoms with Crippen molar-refractivity contribution in [1.82, 2.24) is 0 Å². The summed E-state index contributed by atoms with van der Waals surface area (Å²) in [4.78, 5) is 8.23. The normalized spacial score (nSPS) is 14.1. The summed E-state index contributed by atoms with van der Waals surface area (Å²) in [7, 11) is -1.72. The fraction of sp³-hybridized carbons (Fsp3) is 1.00. The number of rotatable bonds is 3. The van der Waals surface area contributed by atoms with E-state index in [1.165, 1.54) is 0 Å². The Hall–Kier alpha value is 0.930. The summed E-state index contributed by atoms with van der Waals surface area (Å²) in [5.74, 6) is 0.367. The van der Waals surface area contributed by atoms with Crippen molar-refractivity contribution in [3.63, 3.8) is 0 Å². The monoisotopic (exact) mass is 162 g/mol. The van der Waals surface area contributed by atoms with E-state index in [4.69, 9.17) is 27.7 Å². The molecule has 0 amide bonds. The molecule has 44 valence electrons. The maximum Gasteiger partial charge on any atom is 0.274 e. The summed E-state index contributed by atoms with van der Waals surface area (Å²) in [5, 5.41) is 0. The predicted molar refractivity (Wildman–Crippen MR) is 31.7 cm³/mol. The van der Waals surface area contributed by atoms with Crippen molar-refractivity contribution in [1.29, 1.82) is 0 Å². The van der Waals surface area contributed by atoms with Gasteiger partial charge in [0.25, 0.3) is 7.73 Å². The highest BCUT2D eigenvalue weighted by Crippen LogP contribution is 2.36. The average Bonchev–Trinajstić information content (AvgIpc) is 1.61. The molecule has 0 radical (unpaired) electrons. The van der Waals surface area contributed by atoms with Crippen LogP contribution in [0, 0.1) is 0 Å². The fourth-order valence-corrected chi connectivity index (χ4v) is 0.744. The highest BCUT2D eigenvalue weighted by molar-refractivity contribution is 7.75. The molecule has 1 atom stereocenters. The molecular weight excluding hydrogens is 158 g/mol. The molecule has 1 N–H and O–H groups in total. The zero-order valence-electron chi connectivity index (χ0n) is 3.47. The number of alkyl halides is 1. The molecule has 0 aliphatic heterocycles. The first-order valence-electron chi connectivity index (χ1n) is 1.61. The second-order valence-electron chi connectivity index (χ2n) is 0.748. The van der Waals surface area contributed by atoms with Gasteiger partial charge >= 0.3 is 0 Å². The van der Waals surface area contributed by atoms with Crippen LogP contribution in [0.3, 0.4) is 0 Å². The van der Waals surface area contributed by atoms with Gasteiger partial charge in [0.05, 0.1) is 6.61 Å². The van der Waals surface area contributed by atoms with Crippen LogP contribution in [-0.2, 0) is 4.52 Å². The van der Waals surface area contributed by atoms with Gasteiger partial charge in [0.15, 0.2) is 0 Å². The smallest absolute Gasteiger partial charge is 0.274 e. The topological polar surface area (TPSA) is 29.5 Å². The lowest BCUT2D eigenvalue weighted by atomic mass is 10.9. The van der Waals surface area contributed by atoms with Gasteiger partial charge in [-0.25, -0.2) is 0 Å². The van der Waals surface area contributed by atoms with Crippen LogP contribution in [0.15, 0.2) is 0 Å². The third kappa shape index (κ3) is 6.93. The molecule has 0 saturated carbocycles. The van der Waals surface area contributed by atoms with Gasteiger partial charge in [0.1, 0.15) is 0 Å². The van der Waals surface area contributed by atoms with E-state index in [1.54, 1.807) is 0 Å². The van der Waals surface area contributed by atoms with Gasteiger partial charge < -0.3 is 9.42 Å². The first kappa shape index (κ1) is 7.93. The summed E-state index contributed by atoms with van der Waals surface area (Å²) < 4.78 is 4.44. The zero-order chi connectivity index (χ0) is 5.70. The minimum absolute atomic E-state index is 0.313. The van der Waals surface area contributed by atoms with E-state index in [2.05, 4.69) is 4.52 Å². The van der Waals surface area contributed by atoms with Crippen LogP contribution >= 0.6 is 30.6 Å². The molecule has 1 unspecified atom stereocenters. The van der Waals surface area contributed by atoms with Crippen molar-refractivity contribution in [3.8, 4) is 0 Å². The Morgan fingerprint density at radius 3 is 2.43 bits per heavy atom. The van der Waals surface area contributed by atoms with Crippen molar-refractivity contribution in [2.24, 2.45) is 0 Å². The Bertz CT molecular complexity index is 42.7. The molecule has 0 fully saturated rings. The lowest BCUT2D eigenvalue weighted by Gasteiger charge is -1.96. The van der Waals surface area contributed by atoms with Crippen LogP contribution in [0.2, 0.25) is 0 Å². The van der Waals surface area contributed by atoms with Gasteiger partial charge in [-0.05, 0) is 11.2 Å². The molecule has 0 spiro atoms. The molecule has 7 heavy (non-hydrogen) atoms. The van der Waals surface area contributed by atoms with E-state index in [-0.39, 0.29) is 0 Å². The molecule has 2 nitrogen and oxygen atoms in total. The van der Waals surface area contributed by atoms with Crippen LogP contribution in [0.4, 0.5) is 0 Å². The minimum atomic E-state index is -1.72. The van der Waals surface area contributed by atoms with Crippen molar-refractivity contribution in [2.75, 3.05) is 12.5 Å². The third-order valence-corrected chi connectivity index (χ3v) is 1.12. The molecule has 0 aliphatic rings. The molecule has 0 aromatic carbocycles. The Morgan fingerprint density at radius 1 is 1.71 bits per heavy atom. The summed E-state index contributed by atoms with van der Waals surface area (Å²) in [6, 6.07) is 0. The highest BCUT2D eigenvalue weighted by atomic mass is 35.7. The van der Waals surface area contributed by atoms with Gasteiger partial charge in [-0.2, -0.15) is 0 Å². The van der Waals surface area contributed by atoms with Crippen LogP contribution in [0.5, 0.6) is 0 Å². The molecular formula is C2H5Cl2O2P. The van der Waals surface area contributed by atoms with E-state index < -0.39 is 7.73 Å². The van der Waals surface area contributed by atoms with Crippen molar-refractivity contribution in [3.05, 3.63) is 0 Å². The first-order chi connectivity index (χ1) is 3.27. The molecule has 0 aromatic rings. The van der Waals surface area contributed by atoms with Gasteiger partial charge in [-0.15, -0.1) is 11.6 Å². The van der Waals surface area contributed by atoms with E-state index in [0.29, 0.717) is 12.5 Å². The van der Waals surface area contributed by atoms with Crippen LogP contribution in [-0.4, -0.2) is 17.4 Å².